The monoisotopic (exact) mass is 257 g/mol. The molecule has 3 heteroatoms. The number of rotatable bonds is 4. The van der Waals surface area contributed by atoms with Gasteiger partial charge in [-0.3, -0.25) is 0 Å². The third-order valence-electron chi connectivity index (χ3n) is 3.02. The second kappa shape index (κ2) is 5.87. The Labute approximate surface area is 113 Å². The normalized spacial score (nSPS) is 10.9. The molecule has 0 bridgehead atoms. The van der Waals surface area contributed by atoms with Crippen molar-refractivity contribution in [3.8, 4) is 16.9 Å². The smallest absolute Gasteiger partial charge is 0.115 e. The van der Waals surface area contributed by atoms with Gasteiger partial charge in [0, 0.05) is 6.54 Å². The molecule has 0 unspecified atom stereocenters. The van der Waals surface area contributed by atoms with Gasteiger partial charge in [0.25, 0.3) is 0 Å². The second-order valence-corrected chi connectivity index (χ2v) is 4.93. The minimum atomic E-state index is 0.0114. The summed E-state index contributed by atoms with van der Waals surface area (Å²) in [6, 6.07) is 13.2. The minimum absolute atomic E-state index is 0.0114. The molecule has 0 amide bonds. The summed E-state index contributed by atoms with van der Waals surface area (Å²) in [6.45, 7) is 0.861. The Morgan fingerprint density at radius 2 is 1.68 bits per heavy atom. The molecule has 0 atom stereocenters. The first kappa shape index (κ1) is 13.6. The summed E-state index contributed by atoms with van der Waals surface area (Å²) in [5.74, 6) is 0.249. The predicted octanol–water partition coefficient (Wildman–Crippen LogP) is 2.61. The highest BCUT2D eigenvalue weighted by atomic mass is 16.3. The van der Waals surface area contributed by atoms with Gasteiger partial charge in [0.2, 0.25) is 0 Å². The summed E-state index contributed by atoms with van der Waals surface area (Å²) in [6.07, 6.45) is 0. The van der Waals surface area contributed by atoms with Gasteiger partial charge in [-0.15, -0.1) is 0 Å². The van der Waals surface area contributed by atoms with E-state index < -0.39 is 0 Å². The van der Waals surface area contributed by atoms with Crippen LogP contribution in [0.25, 0.3) is 11.1 Å². The van der Waals surface area contributed by atoms with Crippen molar-refractivity contribution in [1.29, 1.82) is 0 Å². The van der Waals surface area contributed by atoms with Gasteiger partial charge in [-0.25, -0.2) is 0 Å². The second-order valence-electron chi connectivity index (χ2n) is 4.93. The molecular weight excluding hydrogens is 238 g/mol. The maximum Gasteiger partial charge on any atom is 0.115 e. The van der Waals surface area contributed by atoms with E-state index in [0.717, 1.165) is 23.2 Å². The van der Waals surface area contributed by atoms with Crippen molar-refractivity contribution in [3.05, 3.63) is 53.6 Å². The number of hydrogen-bond donors (Lipinski definition) is 2. The summed E-state index contributed by atoms with van der Waals surface area (Å²) < 4.78 is 0. The van der Waals surface area contributed by atoms with Crippen LogP contribution in [0.3, 0.4) is 0 Å². The van der Waals surface area contributed by atoms with Crippen molar-refractivity contribution in [2.45, 2.75) is 13.2 Å². The van der Waals surface area contributed by atoms with Crippen molar-refractivity contribution in [1.82, 2.24) is 4.90 Å². The zero-order chi connectivity index (χ0) is 13.8. The van der Waals surface area contributed by atoms with Gasteiger partial charge in [-0.1, -0.05) is 30.3 Å². The molecule has 19 heavy (non-hydrogen) atoms. The Hall–Kier alpha value is -1.84. The summed E-state index contributed by atoms with van der Waals surface area (Å²) in [7, 11) is 4.04. The van der Waals surface area contributed by atoms with E-state index in [1.807, 2.05) is 38.4 Å². The molecule has 2 rings (SSSR count). The van der Waals surface area contributed by atoms with Gasteiger partial charge in [-0.05, 0) is 48.5 Å². The Morgan fingerprint density at radius 3 is 2.26 bits per heavy atom. The minimum Gasteiger partial charge on any atom is -0.508 e. The van der Waals surface area contributed by atoms with Gasteiger partial charge in [0.15, 0.2) is 0 Å². The molecule has 3 nitrogen and oxygen atoms in total. The Balaban J connectivity index is 2.38. The van der Waals surface area contributed by atoms with Crippen LogP contribution in [0.2, 0.25) is 0 Å². The summed E-state index contributed by atoms with van der Waals surface area (Å²) in [5, 5.41) is 18.8. The molecule has 0 aliphatic rings. The van der Waals surface area contributed by atoms with Gasteiger partial charge in [-0.2, -0.15) is 0 Å². The lowest BCUT2D eigenvalue weighted by Crippen LogP contribution is -2.10. The number of benzene rings is 2. The van der Waals surface area contributed by atoms with Crippen LogP contribution >= 0.6 is 0 Å². The topological polar surface area (TPSA) is 43.7 Å². The van der Waals surface area contributed by atoms with Crippen molar-refractivity contribution in [2.75, 3.05) is 14.1 Å². The van der Waals surface area contributed by atoms with E-state index in [-0.39, 0.29) is 12.4 Å². The van der Waals surface area contributed by atoms with Crippen LogP contribution < -0.4 is 0 Å². The quantitative estimate of drug-likeness (QED) is 0.885. The molecule has 2 aromatic rings. The van der Waals surface area contributed by atoms with E-state index in [1.165, 1.54) is 5.56 Å². The molecule has 100 valence electrons. The highest BCUT2D eigenvalue weighted by molar-refractivity contribution is 5.68. The van der Waals surface area contributed by atoms with Crippen LogP contribution in [0.1, 0.15) is 11.1 Å². The molecule has 2 N–H and O–H groups in total. The first-order valence-electron chi connectivity index (χ1n) is 6.27. The van der Waals surface area contributed by atoms with E-state index >= 15 is 0 Å². The Bertz CT molecular complexity index is 547. The molecule has 2 aromatic carbocycles. The van der Waals surface area contributed by atoms with E-state index in [1.54, 1.807) is 12.1 Å². The molecule has 0 aromatic heterocycles. The van der Waals surface area contributed by atoms with Crippen molar-refractivity contribution < 1.29 is 10.2 Å². The van der Waals surface area contributed by atoms with Gasteiger partial charge >= 0.3 is 0 Å². The summed E-state index contributed by atoms with van der Waals surface area (Å²) in [5.41, 5.74) is 4.09. The average molecular weight is 257 g/mol. The third kappa shape index (κ3) is 3.34. The van der Waals surface area contributed by atoms with E-state index in [2.05, 4.69) is 11.0 Å². The molecule has 0 saturated heterocycles. The molecular formula is C16H19NO2. The lowest BCUT2D eigenvalue weighted by atomic mass is 9.97. The van der Waals surface area contributed by atoms with Crippen molar-refractivity contribution in [3.63, 3.8) is 0 Å². The standard InChI is InChI=1S/C16H19NO2/c1-17(2)10-12-3-8-16(14(9-12)11-18)13-4-6-15(19)7-5-13/h3-9,18-19H,10-11H2,1-2H3. The molecule has 0 aliphatic carbocycles. The third-order valence-corrected chi connectivity index (χ3v) is 3.02. The van der Waals surface area contributed by atoms with Crippen LogP contribution in [-0.2, 0) is 13.2 Å². The van der Waals surface area contributed by atoms with Crippen LogP contribution in [0, 0.1) is 0 Å². The zero-order valence-corrected chi connectivity index (χ0v) is 11.3. The number of nitrogens with zero attached hydrogens (tertiary/aromatic N) is 1. The number of aliphatic hydroxyl groups excluding tert-OH is 1. The summed E-state index contributed by atoms with van der Waals surface area (Å²) in [4.78, 5) is 2.09. The SMILES string of the molecule is CN(C)Cc1ccc(-c2ccc(O)cc2)c(CO)c1. The first-order valence-corrected chi connectivity index (χ1v) is 6.27. The van der Waals surface area contributed by atoms with Crippen molar-refractivity contribution >= 4 is 0 Å². The maximum atomic E-state index is 9.53. The zero-order valence-electron chi connectivity index (χ0n) is 11.3. The van der Waals surface area contributed by atoms with Gasteiger partial charge < -0.3 is 15.1 Å². The largest absolute Gasteiger partial charge is 0.508 e. The number of hydrogen-bond acceptors (Lipinski definition) is 3. The number of aromatic hydroxyl groups is 1. The van der Waals surface area contributed by atoms with Crippen LogP contribution in [-0.4, -0.2) is 29.2 Å². The van der Waals surface area contributed by atoms with Crippen LogP contribution in [0.15, 0.2) is 42.5 Å². The average Bonchev–Trinajstić information content (AvgIpc) is 2.39. The molecule has 0 heterocycles. The molecule has 0 radical (unpaired) electrons. The number of aliphatic hydroxyl groups is 1. The Morgan fingerprint density at radius 1 is 1.00 bits per heavy atom. The summed E-state index contributed by atoms with van der Waals surface area (Å²) >= 11 is 0. The fourth-order valence-corrected chi connectivity index (χ4v) is 2.16. The van der Waals surface area contributed by atoms with Gasteiger partial charge in [0.05, 0.1) is 6.61 Å². The highest BCUT2D eigenvalue weighted by Gasteiger charge is 2.06. The Kier molecular flexibility index (Phi) is 4.20. The van der Waals surface area contributed by atoms with E-state index in [9.17, 15) is 10.2 Å². The lowest BCUT2D eigenvalue weighted by Gasteiger charge is -2.13. The first-order chi connectivity index (χ1) is 9.10. The molecule has 0 saturated carbocycles. The predicted molar refractivity (Wildman–Crippen MR) is 76.9 cm³/mol. The fourth-order valence-electron chi connectivity index (χ4n) is 2.16. The van der Waals surface area contributed by atoms with E-state index in [0.29, 0.717) is 0 Å². The maximum absolute atomic E-state index is 9.53. The van der Waals surface area contributed by atoms with E-state index in [4.69, 9.17) is 0 Å². The highest BCUT2D eigenvalue weighted by Crippen LogP contribution is 2.26. The number of phenolic OH excluding ortho intramolecular Hbond substituents is 1. The van der Waals surface area contributed by atoms with Crippen LogP contribution in [0.4, 0.5) is 0 Å². The molecule has 0 fully saturated rings. The lowest BCUT2D eigenvalue weighted by molar-refractivity contribution is 0.282. The van der Waals surface area contributed by atoms with Gasteiger partial charge in [0.1, 0.15) is 5.75 Å². The molecule has 0 aliphatic heterocycles. The van der Waals surface area contributed by atoms with Crippen molar-refractivity contribution in [2.24, 2.45) is 0 Å². The molecule has 0 spiro atoms. The van der Waals surface area contributed by atoms with Crippen LogP contribution in [0.5, 0.6) is 5.75 Å². The number of phenols is 1. The fraction of sp³-hybridized carbons (Fsp3) is 0.250.